The van der Waals surface area contributed by atoms with Crippen LogP contribution in [-0.2, 0) is 12.8 Å². The molecule has 98 valence electrons. The zero-order valence-corrected chi connectivity index (χ0v) is 11.4. The molecule has 0 aliphatic carbocycles. The highest BCUT2D eigenvalue weighted by molar-refractivity contribution is 5.59. The summed E-state index contributed by atoms with van der Waals surface area (Å²) in [6.45, 7) is 2.20. The van der Waals surface area contributed by atoms with Crippen molar-refractivity contribution in [3.05, 3.63) is 59.2 Å². The number of hydrogen-bond donors (Lipinski definition) is 1. The van der Waals surface area contributed by atoms with Gasteiger partial charge in [0.25, 0.3) is 0 Å². The van der Waals surface area contributed by atoms with Crippen LogP contribution in [0.3, 0.4) is 0 Å². The summed E-state index contributed by atoms with van der Waals surface area (Å²) in [6.07, 6.45) is 2.15. The molecular formula is C17H19NO. The average Bonchev–Trinajstić information content (AvgIpc) is 2.90. The molecule has 3 rings (SSSR count). The number of anilines is 1. The summed E-state index contributed by atoms with van der Waals surface area (Å²) < 4.78 is 5.30. The van der Waals surface area contributed by atoms with Gasteiger partial charge in [-0.2, -0.15) is 0 Å². The van der Waals surface area contributed by atoms with Crippen LogP contribution in [0, 0.1) is 0 Å². The lowest BCUT2D eigenvalue weighted by atomic mass is 10.0. The van der Waals surface area contributed by atoms with E-state index in [1.54, 1.807) is 7.11 Å². The van der Waals surface area contributed by atoms with Crippen LogP contribution >= 0.6 is 0 Å². The minimum absolute atomic E-state index is 0.359. The van der Waals surface area contributed by atoms with Crippen molar-refractivity contribution in [1.29, 1.82) is 0 Å². The van der Waals surface area contributed by atoms with Crippen molar-refractivity contribution in [2.75, 3.05) is 12.4 Å². The maximum Gasteiger partial charge on any atom is 0.119 e. The van der Waals surface area contributed by atoms with Crippen molar-refractivity contribution in [3.8, 4) is 5.75 Å². The molecular weight excluding hydrogens is 234 g/mol. The van der Waals surface area contributed by atoms with Gasteiger partial charge in [0.1, 0.15) is 5.75 Å². The van der Waals surface area contributed by atoms with Crippen molar-refractivity contribution < 1.29 is 4.74 Å². The quantitative estimate of drug-likeness (QED) is 0.893. The summed E-state index contributed by atoms with van der Waals surface area (Å²) in [5, 5.41) is 3.60. The maximum absolute atomic E-state index is 5.30. The Kier molecular flexibility index (Phi) is 3.16. The molecule has 1 unspecified atom stereocenters. The lowest BCUT2D eigenvalue weighted by Gasteiger charge is -2.12. The summed E-state index contributed by atoms with van der Waals surface area (Å²) >= 11 is 0. The third-order valence-electron chi connectivity index (χ3n) is 3.83. The van der Waals surface area contributed by atoms with Crippen molar-refractivity contribution in [3.63, 3.8) is 0 Å². The molecule has 2 nitrogen and oxygen atoms in total. The van der Waals surface area contributed by atoms with E-state index in [4.69, 9.17) is 4.74 Å². The highest BCUT2D eigenvalue weighted by Crippen LogP contribution is 2.35. The van der Waals surface area contributed by atoms with Crippen LogP contribution in [-0.4, -0.2) is 7.11 Å². The third kappa shape index (κ3) is 2.30. The van der Waals surface area contributed by atoms with Gasteiger partial charge in [-0.05, 0) is 47.7 Å². The average molecular weight is 253 g/mol. The predicted octanol–water partition coefficient (Wildman–Crippen LogP) is 3.97. The van der Waals surface area contributed by atoms with Crippen LogP contribution < -0.4 is 10.1 Å². The summed E-state index contributed by atoms with van der Waals surface area (Å²) in [6, 6.07) is 15.4. The van der Waals surface area contributed by atoms with Crippen molar-refractivity contribution in [2.24, 2.45) is 0 Å². The molecule has 0 saturated heterocycles. The molecule has 1 aliphatic heterocycles. The summed E-state index contributed by atoms with van der Waals surface area (Å²) in [4.78, 5) is 0. The Morgan fingerprint density at radius 3 is 2.89 bits per heavy atom. The van der Waals surface area contributed by atoms with Crippen molar-refractivity contribution in [1.82, 2.24) is 0 Å². The number of ether oxygens (including phenoxy) is 1. The van der Waals surface area contributed by atoms with Gasteiger partial charge >= 0.3 is 0 Å². The molecule has 0 aromatic heterocycles. The molecule has 2 aromatic rings. The smallest absolute Gasteiger partial charge is 0.119 e. The number of methoxy groups -OCH3 is 1. The molecule has 0 bridgehead atoms. The molecule has 1 N–H and O–H groups in total. The lowest BCUT2D eigenvalue weighted by Crippen LogP contribution is -2.05. The predicted molar refractivity (Wildman–Crippen MR) is 78.9 cm³/mol. The Labute approximate surface area is 114 Å². The molecule has 1 aliphatic rings. The SMILES string of the molecule is CCc1ccc2c(c1)CC(c1cccc(OC)c1)N2. The first-order valence-electron chi connectivity index (χ1n) is 6.82. The number of hydrogen-bond acceptors (Lipinski definition) is 2. The Hall–Kier alpha value is -1.96. The van der Waals surface area contributed by atoms with E-state index in [0.717, 1.165) is 18.6 Å². The first-order chi connectivity index (χ1) is 9.30. The molecule has 0 radical (unpaired) electrons. The van der Waals surface area contributed by atoms with Gasteiger partial charge in [-0.1, -0.05) is 31.2 Å². The Bertz CT molecular complexity index is 592. The zero-order chi connectivity index (χ0) is 13.2. The number of rotatable bonds is 3. The monoisotopic (exact) mass is 253 g/mol. The van der Waals surface area contributed by atoms with E-state index in [-0.39, 0.29) is 0 Å². The van der Waals surface area contributed by atoms with Gasteiger partial charge in [0, 0.05) is 5.69 Å². The number of fused-ring (bicyclic) bond motifs is 1. The zero-order valence-electron chi connectivity index (χ0n) is 11.4. The van der Waals surface area contributed by atoms with Gasteiger partial charge in [-0.15, -0.1) is 0 Å². The topological polar surface area (TPSA) is 21.3 Å². The lowest BCUT2D eigenvalue weighted by molar-refractivity contribution is 0.414. The number of benzene rings is 2. The Morgan fingerprint density at radius 2 is 2.11 bits per heavy atom. The summed E-state index contributed by atoms with van der Waals surface area (Å²) in [7, 11) is 1.71. The van der Waals surface area contributed by atoms with Crippen LogP contribution in [0.25, 0.3) is 0 Å². The Morgan fingerprint density at radius 1 is 1.21 bits per heavy atom. The second-order valence-corrected chi connectivity index (χ2v) is 5.02. The van der Waals surface area contributed by atoms with Gasteiger partial charge in [0.05, 0.1) is 13.2 Å². The molecule has 0 saturated carbocycles. The van der Waals surface area contributed by atoms with Crippen molar-refractivity contribution >= 4 is 5.69 Å². The van der Waals surface area contributed by atoms with Crippen LogP contribution in [0.2, 0.25) is 0 Å². The van der Waals surface area contributed by atoms with Crippen LogP contribution in [0.5, 0.6) is 5.75 Å². The fourth-order valence-electron chi connectivity index (χ4n) is 2.69. The second-order valence-electron chi connectivity index (χ2n) is 5.02. The van der Waals surface area contributed by atoms with E-state index in [2.05, 4.69) is 48.6 Å². The largest absolute Gasteiger partial charge is 0.497 e. The molecule has 1 heterocycles. The first-order valence-corrected chi connectivity index (χ1v) is 6.82. The van der Waals surface area contributed by atoms with Crippen LogP contribution in [0.1, 0.15) is 29.7 Å². The highest BCUT2D eigenvalue weighted by atomic mass is 16.5. The standard InChI is InChI=1S/C17H19NO/c1-3-12-7-8-16-14(9-12)11-17(18-16)13-5-4-6-15(10-13)19-2/h4-10,17-18H,3,11H2,1-2H3. The summed E-state index contributed by atoms with van der Waals surface area (Å²) in [5.74, 6) is 0.921. The van der Waals surface area contributed by atoms with E-state index in [9.17, 15) is 0 Å². The van der Waals surface area contributed by atoms with E-state index < -0.39 is 0 Å². The van der Waals surface area contributed by atoms with Crippen LogP contribution in [0.15, 0.2) is 42.5 Å². The second kappa shape index (κ2) is 4.96. The Balaban J connectivity index is 1.86. The maximum atomic E-state index is 5.30. The molecule has 2 heteroatoms. The number of nitrogens with one attached hydrogen (secondary N) is 1. The molecule has 0 amide bonds. The molecule has 0 spiro atoms. The molecule has 19 heavy (non-hydrogen) atoms. The third-order valence-corrected chi connectivity index (χ3v) is 3.83. The first kappa shape index (κ1) is 12.1. The van der Waals surface area contributed by atoms with Gasteiger partial charge in [-0.25, -0.2) is 0 Å². The van der Waals surface area contributed by atoms with E-state index in [0.29, 0.717) is 6.04 Å². The minimum atomic E-state index is 0.359. The van der Waals surface area contributed by atoms with Crippen molar-refractivity contribution in [2.45, 2.75) is 25.8 Å². The van der Waals surface area contributed by atoms with Gasteiger partial charge in [-0.3, -0.25) is 0 Å². The van der Waals surface area contributed by atoms with Gasteiger partial charge in [0.2, 0.25) is 0 Å². The summed E-state index contributed by atoms with van der Waals surface area (Å²) in [5.41, 5.74) is 5.39. The highest BCUT2D eigenvalue weighted by Gasteiger charge is 2.22. The van der Waals surface area contributed by atoms with Gasteiger partial charge < -0.3 is 10.1 Å². The van der Waals surface area contributed by atoms with Gasteiger partial charge in [0.15, 0.2) is 0 Å². The minimum Gasteiger partial charge on any atom is -0.497 e. The fourth-order valence-corrected chi connectivity index (χ4v) is 2.69. The van der Waals surface area contributed by atoms with E-state index in [1.807, 2.05) is 6.07 Å². The fraction of sp³-hybridized carbons (Fsp3) is 0.294. The molecule has 0 fully saturated rings. The normalized spacial score (nSPS) is 16.8. The van der Waals surface area contributed by atoms with Crippen LogP contribution in [0.4, 0.5) is 5.69 Å². The van der Waals surface area contributed by atoms with E-state index >= 15 is 0 Å². The van der Waals surface area contributed by atoms with E-state index in [1.165, 1.54) is 22.4 Å². The molecule has 1 atom stereocenters. The number of aryl methyl sites for hydroxylation is 1. The molecule has 2 aromatic carbocycles.